The number of nitrogens with one attached hydrogen (secondary N) is 2. The molecule has 8 heteroatoms. The normalized spacial score (nSPS) is 14.6. The Hall–Kier alpha value is -2.90. The average molecular weight is 387 g/mol. The molecule has 0 radical (unpaired) electrons. The number of aromatic nitrogens is 2. The SMILES string of the molecule is CCOC(=O)N1CCC(Nc2cc(C)nc(NCc3ccc(F)cc3)n2)CC1. The van der Waals surface area contributed by atoms with Crippen molar-refractivity contribution in [1.82, 2.24) is 14.9 Å². The molecule has 0 bridgehead atoms. The summed E-state index contributed by atoms with van der Waals surface area (Å²) in [6.45, 7) is 5.96. The van der Waals surface area contributed by atoms with Gasteiger partial charge in [-0.15, -0.1) is 0 Å². The number of carbonyl (C=O) groups is 1. The molecule has 1 aromatic heterocycles. The number of piperidine rings is 1. The Morgan fingerprint density at radius 1 is 1.25 bits per heavy atom. The molecule has 1 aromatic carbocycles. The summed E-state index contributed by atoms with van der Waals surface area (Å²) < 4.78 is 18.1. The molecule has 1 fully saturated rings. The molecule has 0 aliphatic carbocycles. The Balaban J connectivity index is 1.55. The van der Waals surface area contributed by atoms with E-state index in [0.29, 0.717) is 32.2 Å². The molecule has 1 amide bonds. The zero-order chi connectivity index (χ0) is 19.9. The van der Waals surface area contributed by atoms with E-state index in [9.17, 15) is 9.18 Å². The van der Waals surface area contributed by atoms with Gasteiger partial charge < -0.3 is 20.3 Å². The van der Waals surface area contributed by atoms with Crippen molar-refractivity contribution >= 4 is 17.9 Å². The monoisotopic (exact) mass is 387 g/mol. The molecule has 1 aliphatic heterocycles. The number of hydrogen-bond donors (Lipinski definition) is 2. The molecule has 1 aliphatic rings. The van der Waals surface area contributed by atoms with Crippen LogP contribution in [-0.4, -0.2) is 46.7 Å². The summed E-state index contributed by atoms with van der Waals surface area (Å²) in [5, 5.41) is 6.62. The van der Waals surface area contributed by atoms with Gasteiger partial charge in [0, 0.05) is 37.4 Å². The van der Waals surface area contributed by atoms with Crippen molar-refractivity contribution in [3.05, 3.63) is 47.4 Å². The van der Waals surface area contributed by atoms with E-state index in [-0.39, 0.29) is 18.0 Å². The molecule has 0 saturated carbocycles. The second-order valence-corrected chi connectivity index (χ2v) is 6.80. The lowest BCUT2D eigenvalue weighted by atomic mass is 10.1. The van der Waals surface area contributed by atoms with Gasteiger partial charge in [0.25, 0.3) is 0 Å². The number of ether oxygens (including phenoxy) is 1. The van der Waals surface area contributed by atoms with Crippen LogP contribution in [0.5, 0.6) is 0 Å². The topological polar surface area (TPSA) is 79.4 Å². The first-order valence-electron chi connectivity index (χ1n) is 9.55. The van der Waals surface area contributed by atoms with E-state index in [1.54, 1.807) is 17.0 Å². The molecule has 1 saturated heterocycles. The number of aryl methyl sites for hydroxylation is 1. The van der Waals surface area contributed by atoms with Crippen LogP contribution in [0.2, 0.25) is 0 Å². The van der Waals surface area contributed by atoms with Crippen LogP contribution in [0, 0.1) is 12.7 Å². The fourth-order valence-electron chi connectivity index (χ4n) is 3.14. The Bertz CT molecular complexity index is 792. The summed E-state index contributed by atoms with van der Waals surface area (Å²) in [4.78, 5) is 22.5. The van der Waals surface area contributed by atoms with E-state index in [4.69, 9.17) is 4.74 Å². The lowest BCUT2D eigenvalue weighted by Crippen LogP contribution is -2.42. The Morgan fingerprint density at radius 3 is 2.64 bits per heavy atom. The predicted molar refractivity (Wildman–Crippen MR) is 106 cm³/mol. The van der Waals surface area contributed by atoms with Gasteiger partial charge in [0.1, 0.15) is 11.6 Å². The maximum Gasteiger partial charge on any atom is 0.409 e. The van der Waals surface area contributed by atoms with Gasteiger partial charge in [-0.1, -0.05) is 12.1 Å². The summed E-state index contributed by atoms with van der Waals surface area (Å²) in [6.07, 6.45) is 1.42. The summed E-state index contributed by atoms with van der Waals surface area (Å²) in [6, 6.07) is 8.47. The van der Waals surface area contributed by atoms with Crippen LogP contribution in [0.1, 0.15) is 31.0 Å². The molecule has 3 rings (SSSR count). The molecule has 2 aromatic rings. The van der Waals surface area contributed by atoms with E-state index in [1.807, 2.05) is 19.9 Å². The van der Waals surface area contributed by atoms with Gasteiger partial charge in [0.05, 0.1) is 6.61 Å². The van der Waals surface area contributed by atoms with Crippen molar-refractivity contribution in [2.24, 2.45) is 0 Å². The van der Waals surface area contributed by atoms with Crippen LogP contribution >= 0.6 is 0 Å². The van der Waals surface area contributed by atoms with Crippen LogP contribution in [0.4, 0.5) is 21.0 Å². The zero-order valence-electron chi connectivity index (χ0n) is 16.2. The highest BCUT2D eigenvalue weighted by atomic mass is 19.1. The fraction of sp³-hybridized carbons (Fsp3) is 0.450. The summed E-state index contributed by atoms with van der Waals surface area (Å²) in [5.41, 5.74) is 1.80. The van der Waals surface area contributed by atoms with Gasteiger partial charge in [0.2, 0.25) is 5.95 Å². The highest BCUT2D eigenvalue weighted by Gasteiger charge is 2.23. The maximum absolute atomic E-state index is 13.0. The van der Waals surface area contributed by atoms with Gasteiger partial charge in [0.15, 0.2) is 0 Å². The molecular formula is C20H26FN5O2. The van der Waals surface area contributed by atoms with Crippen LogP contribution in [-0.2, 0) is 11.3 Å². The van der Waals surface area contributed by atoms with Crippen LogP contribution in [0.3, 0.4) is 0 Å². The minimum atomic E-state index is -0.254. The third-order valence-electron chi connectivity index (χ3n) is 4.59. The number of halogens is 1. The first kappa shape index (κ1) is 19.9. The number of hydrogen-bond acceptors (Lipinski definition) is 6. The number of carbonyl (C=O) groups excluding carboxylic acids is 1. The van der Waals surface area contributed by atoms with E-state index in [2.05, 4.69) is 20.6 Å². The molecule has 28 heavy (non-hydrogen) atoms. The second kappa shape index (κ2) is 9.34. The van der Waals surface area contributed by atoms with Gasteiger partial charge in [-0.25, -0.2) is 14.2 Å². The first-order valence-corrected chi connectivity index (χ1v) is 9.55. The lowest BCUT2D eigenvalue weighted by Gasteiger charge is -2.31. The lowest BCUT2D eigenvalue weighted by molar-refractivity contribution is 0.0983. The standard InChI is InChI=1S/C20H26FN5O2/c1-3-28-20(27)26-10-8-17(9-11-26)24-18-12-14(2)23-19(25-18)22-13-15-4-6-16(21)7-5-15/h4-7,12,17H,3,8-11,13H2,1-2H3,(H2,22,23,24,25). The highest BCUT2D eigenvalue weighted by molar-refractivity contribution is 5.67. The number of anilines is 2. The highest BCUT2D eigenvalue weighted by Crippen LogP contribution is 2.18. The predicted octanol–water partition coefficient (Wildman–Crippen LogP) is 3.57. The number of nitrogens with zero attached hydrogens (tertiary/aromatic N) is 3. The molecule has 2 N–H and O–H groups in total. The van der Waals surface area contributed by atoms with Crippen molar-refractivity contribution in [2.75, 3.05) is 30.3 Å². The molecule has 7 nitrogen and oxygen atoms in total. The minimum Gasteiger partial charge on any atom is -0.450 e. The summed E-state index contributed by atoms with van der Waals surface area (Å²) in [7, 11) is 0. The van der Waals surface area contributed by atoms with Crippen molar-refractivity contribution in [1.29, 1.82) is 0 Å². The van der Waals surface area contributed by atoms with Gasteiger partial charge in [-0.3, -0.25) is 0 Å². The van der Waals surface area contributed by atoms with E-state index >= 15 is 0 Å². The number of likely N-dealkylation sites (tertiary alicyclic amines) is 1. The third-order valence-corrected chi connectivity index (χ3v) is 4.59. The largest absolute Gasteiger partial charge is 0.450 e. The molecule has 0 spiro atoms. The number of rotatable bonds is 6. The van der Waals surface area contributed by atoms with E-state index in [1.165, 1.54) is 12.1 Å². The minimum absolute atomic E-state index is 0.241. The zero-order valence-corrected chi connectivity index (χ0v) is 16.2. The summed E-state index contributed by atoms with van der Waals surface area (Å²) in [5.74, 6) is 1.02. The van der Waals surface area contributed by atoms with E-state index in [0.717, 1.165) is 29.9 Å². The van der Waals surface area contributed by atoms with Gasteiger partial charge >= 0.3 is 6.09 Å². The third kappa shape index (κ3) is 5.55. The maximum atomic E-state index is 13.0. The first-order chi connectivity index (χ1) is 13.5. The Kier molecular flexibility index (Phi) is 6.62. The van der Waals surface area contributed by atoms with Crippen molar-refractivity contribution in [2.45, 2.75) is 39.3 Å². The summed E-state index contributed by atoms with van der Waals surface area (Å²) >= 11 is 0. The molecule has 0 unspecified atom stereocenters. The Labute approximate surface area is 164 Å². The molecular weight excluding hydrogens is 361 g/mol. The molecule has 150 valence electrons. The Morgan fingerprint density at radius 2 is 1.96 bits per heavy atom. The van der Waals surface area contributed by atoms with Crippen LogP contribution < -0.4 is 10.6 Å². The quantitative estimate of drug-likeness (QED) is 0.789. The van der Waals surface area contributed by atoms with Crippen LogP contribution in [0.25, 0.3) is 0 Å². The van der Waals surface area contributed by atoms with Crippen molar-refractivity contribution in [3.8, 4) is 0 Å². The molecule has 2 heterocycles. The van der Waals surface area contributed by atoms with Crippen molar-refractivity contribution < 1.29 is 13.9 Å². The smallest absolute Gasteiger partial charge is 0.409 e. The van der Waals surface area contributed by atoms with Crippen molar-refractivity contribution in [3.63, 3.8) is 0 Å². The number of benzene rings is 1. The second-order valence-electron chi connectivity index (χ2n) is 6.80. The fourth-order valence-corrected chi connectivity index (χ4v) is 3.14. The van der Waals surface area contributed by atoms with Gasteiger partial charge in [-0.05, 0) is 44.4 Å². The van der Waals surface area contributed by atoms with E-state index < -0.39 is 0 Å². The van der Waals surface area contributed by atoms with Crippen LogP contribution in [0.15, 0.2) is 30.3 Å². The average Bonchev–Trinajstić information content (AvgIpc) is 2.68. The van der Waals surface area contributed by atoms with Gasteiger partial charge in [-0.2, -0.15) is 4.98 Å². The number of amides is 1. The molecule has 0 atom stereocenters.